The van der Waals surface area contributed by atoms with Gasteiger partial charge in [0.05, 0.1) is 6.20 Å². The number of hydrogen-bond acceptors (Lipinski definition) is 6. The molecule has 1 aliphatic rings. The van der Waals surface area contributed by atoms with Crippen LogP contribution in [-0.2, 0) is 11.8 Å². The monoisotopic (exact) mass is 492 g/mol. The molecule has 0 aliphatic carbocycles. The number of nitrogens with zero attached hydrogens (tertiary/aromatic N) is 4. The molecule has 0 spiro atoms. The van der Waals surface area contributed by atoms with Crippen molar-refractivity contribution in [2.45, 2.75) is 38.9 Å². The van der Waals surface area contributed by atoms with Crippen LogP contribution in [0.2, 0.25) is 0 Å². The molecule has 0 saturated carbocycles. The number of nitrogens with one attached hydrogen (secondary N) is 1. The van der Waals surface area contributed by atoms with Crippen LogP contribution in [0, 0.1) is 0 Å². The fourth-order valence-corrected chi connectivity index (χ4v) is 4.25. The summed E-state index contributed by atoms with van der Waals surface area (Å²) in [5.41, 5.74) is 10.8. The Morgan fingerprint density at radius 2 is 2.03 bits per heavy atom. The lowest BCUT2D eigenvalue weighted by molar-refractivity contribution is -0.126. The third kappa shape index (κ3) is 6.86. The predicted molar refractivity (Wildman–Crippen MR) is 145 cm³/mol. The first kappa shape index (κ1) is 27.2. The number of rotatable bonds is 12. The zero-order chi connectivity index (χ0) is 26.2. The van der Waals surface area contributed by atoms with Crippen LogP contribution in [0.15, 0.2) is 67.2 Å². The number of likely N-dealkylation sites (N-methyl/N-ethyl adjacent to an activating group) is 2. The van der Waals surface area contributed by atoms with Gasteiger partial charge < -0.3 is 25.6 Å². The summed E-state index contributed by atoms with van der Waals surface area (Å²) in [6.45, 7) is 12.4. The van der Waals surface area contributed by atoms with Gasteiger partial charge in [-0.3, -0.25) is 9.48 Å². The maximum Gasteiger partial charge on any atom is 0.245 e. The summed E-state index contributed by atoms with van der Waals surface area (Å²) in [6, 6.07) is 8.42. The Kier molecular flexibility index (Phi) is 9.50. The number of ether oxygens (including phenoxy) is 1. The highest BCUT2D eigenvalue weighted by molar-refractivity contribution is 5.87. The van der Waals surface area contributed by atoms with Crippen LogP contribution in [0.3, 0.4) is 0 Å². The van der Waals surface area contributed by atoms with E-state index >= 15 is 0 Å². The number of nitrogens with two attached hydrogens (primary N) is 1. The minimum absolute atomic E-state index is 0.0324. The Hall–Kier alpha value is -3.36. The van der Waals surface area contributed by atoms with Crippen molar-refractivity contribution in [1.29, 1.82) is 0 Å². The second-order valence-corrected chi connectivity index (χ2v) is 9.42. The summed E-state index contributed by atoms with van der Waals surface area (Å²) in [4.78, 5) is 15.7. The van der Waals surface area contributed by atoms with Crippen LogP contribution in [0.5, 0.6) is 5.75 Å². The molecule has 3 atom stereocenters. The van der Waals surface area contributed by atoms with Gasteiger partial charge in [0.1, 0.15) is 18.5 Å². The standard InChI is InChI=1S/C28H40N6O2/c1-7-27(35)34(8-2)17-21(4)30-15-20(3)22-9-11-24(12-10-22)36-19-26-25(13-14-32(5)28(26)29)23-16-31-33(6)18-23/h7,9-14,16,18,20-21,28,30H,1,8,15,17,19,29H2,2-6H3. The van der Waals surface area contributed by atoms with Crippen LogP contribution in [-0.4, -0.2) is 71.0 Å². The zero-order valence-electron chi connectivity index (χ0n) is 22.1. The Morgan fingerprint density at radius 3 is 2.64 bits per heavy atom. The Balaban J connectivity index is 1.58. The van der Waals surface area contributed by atoms with E-state index in [-0.39, 0.29) is 18.1 Å². The van der Waals surface area contributed by atoms with Crippen LogP contribution < -0.4 is 15.8 Å². The molecule has 3 unspecified atom stereocenters. The predicted octanol–water partition coefficient (Wildman–Crippen LogP) is 3.11. The molecule has 0 fully saturated rings. The van der Waals surface area contributed by atoms with Gasteiger partial charge in [-0.15, -0.1) is 0 Å². The fraction of sp³-hybridized carbons (Fsp3) is 0.429. The summed E-state index contributed by atoms with van der Waals surface area (Å²) in [6.07, 6.45) is 8.99. The third-order valence-corrected chi connectivity index (χ3v) is 6.61. The van der Waals surface area contributed by atoms with Gasteiger partial charge in [-0.1, -0.05) is 25.6 Å². The number of allylic oxidation sites excluding steroid dienone is 2. The van der Waals surface area contributed by atoms with Gasteiger partial charge in [-0.2, -0.15) is 5.10 Å². The number of benzene rings is 1. The lowest BCUT2D eigenvalue weighted by Crippen LogP contribution is -2.42. The molecule has 2 heterocycles. The molecular weight excluding hydrogens is 452 g/mol. The molecule has 8 heteroatoms. The topological polar surface area (TPSA) is 88.7 Å². The maximum absolute atomic E-state index is 11.9. The Morgan fingerprint density at radius 1 is 1.31 bits per heavy atom. The lowest BCUT2D eigenvalue weighted by Gasteiger charge is -2.31. The molecule has 3 N–H and O–H groups in total. The van der Waals surface area contributed by atoms with Gasteiger partial charge in [-0.05, 0) is 55.2 Å². The van der Waals surface area contributed by atoms with Crippen molar-refractivity contribution >= 4 is 11.5 Å². The molecule has 0 radical (unpaired) electrons. The van der Waals surface area contributed by atoms with Gasteiger partial charge in [0.2, 0.25) is 5.91 Å². The molecule has 1 aliphatic heterocycles. The maximum atomic E-state index is 11.9. The molecule has 1 aromatic carbocycles. The number of carbonyl (C=O) groups is 1. The average molecular weight is 493 g/mol. The van der Waals surface area contributed by atoms with E-state index < -0.39 is 0 Å². The molecule has 8 nitrogen and oxygen atoms in total. The number of carbonyl (C=O) groups excluding carboxylic acids is 1. The van der Waals surface area contributed by atoms with E-state index in [9.17, 15) is 4.79 Å². The normalized spacial score (nSPS) is 17.2. The molecule has 36 heavy (non-hydrogen) atoms. The number of aryl methyl sites for hydroxylation is 1. The first-order chi connectivity index (χ1) is 17.2. The van der Waals surface area contributed by atoms with E-state index in [0.29, 0.717) is 25.6 Å². The van der Waals surface area contributed by atoms with Crippen LogP contribution in [0.4, 0.5) is 0 Å². The van der Waals surface area contributed by atoms with Crippen LogP contribution in [0.1, 0.15) is 37.8 Å². The van der Waals surface area contributed by atoms with E-state index in [4.69, 9.17) is 10.5 Å². The minimum atomic E-state index is -0.261. The molecular formula is C28H40N6O2. The van der Waals surface area contributed by atoms with Crippen molar-refractivity contribution < 1.29 is 9.53 Å². The van der Waals surface area contributed by atoms with Gasteiger partial charge in [0.25, 0.3) is 0 Å². The van der Waals surface area contributed by atoms with E-state index in [1.165, 1.54) is 11.6 Å². The molecule has 0 bridgehead atoms. The van der Waals surface area contributed by atoms with E-state index in [1.54, 1.807) is 9.58 Å². The van der Waals surface area contributed by atoms with Crippen LogP contribution in [0.25, 0.3) is 5.57 Å². The van der Waals surface area contributed by atoms with Crippen molar-refractivity contribution in [3.8, 4) is 5.75 Å². The lowest BCUT2D eigenvalue weighted by atomic mass is 9.98. The molecule has 1 aromatic heterocycles. The number of aromatic nitrogens is 2. The smallest absolute Gasteiger partial charge is 0.245 e. The first-order valence-corrected chi connectivity index (χ1v) is 12.5. The molecule has 0 saturated heterocycles. The summed E-state index contributed by atoms with van der Waals surface area (Å²) in [5, 5.41) is 7.84. The average Bonchev–Trinajstić information content (AvgIpc) is 3.32. The van der Waals surface area contributed by atoms with Gasteiger partial charge in [0.15, 0.2) is 0 Å². The minimum Gasteiger partial charge on any atom is -0.489 e. The summed E-state index contributed by atoms with van der Waals surface area (Å²) in [5.74, 6) is 1.09. The highest BCUT2D eigenvalue weighted by Crippen LogP contribution is 2.28. The van der Waals surface area contributed by atoms with E-state index in [1.807, 2.05) is 56.6 Å². The van der Waals surface area contributed by atoms with Crippen LogP contribution >= 0.6 is 0 Å². The third-order valence-electron chi connectivity index (χ3n) is 6.61. The van der Waals surface area contributed by atoms with Crippen molar-refractivity contribution in [2.75, 3.05) is 33.3 Å². The van der Waals surface area contributed by atoms with Crippen molar-refractivity contribution in [1.82, 2.24) is 24.9 Å². The zero-order valence-corrected chi connectivity index (χ0v) is 22.1. The Labute approximate surface area is 215 Å². The number of hydrogen-bond donors (Lipinski definition) is 2. The SMILES string of the molecule is C=CC(=O)N(CC)CC(C)NCC(C)c1ccc(OCC2=C(c3cnn(C)c3)C=CN(C)C2N)cc1. The molecule has 194 valence electrons. The first-order valence-electron chi connectivity index (χ1n) is 12.5. The highest BCUT2D eigenvalue weighted by Gasteiger charge is 2.22. The van der Waals surface area contributed by atoms with Crippen molar-refractivity contribution in [3.63, 3.8) is 0 Å². The largest absolute Gasteiger partial charge is 0.489 e. The fourth-order valence-electron chi connectivity index (χ4n) is 4.25. The quantitative estimate of drug-likeness (QED) is 0.443. The Bertz CT molecular complexity index is 1090. The van der Waals surface area contributed by atoms with Gasteiger partial charge in [0, 0.05) is 63.3 Å². The van der Waals surface area contributed by atoms with Gasteiger partial charge in [-0.25, -0.2) is 0 Å². The summed E-state index contributed by atoms with van der Waals surface area (Å²) >= 11 is 0. The van der Waals surface area contributed by atoms with E-state index in [2.05, 4.69) is 49.1 Å². The molecule has 3 rings (SSSR count). The molecule has 1 amide bonds. The number of amides is 1. The van der Waals surface area contributed by atoms with Crippen molar-refractivity contribution in [3.05, 3.63) is 78.3 Å². The molecule has 2 aromatic rings. The van der Waals surface area contributed by atoms with E-state index in [0.717, 1.165) is 29.0 Å². The second kappa shape index (κ2) is 12.6. The highest BCUT2D eigenvalue weighted by atomic mass is 16.5. The van der Waals surface area contributed by atoms with Crippen molar-refractivity contribution in [2.24, 2.45) is 12.8 Å². The van der Waals surface area contributed by atoms with Gasteiger partial charge >= 0.3 is 0 Å². The summed E-state index contributed by atoms with van der Waals surface area (Å²) < 4.78 is 7.94. The summed E-state index contributed by atoms with van der Waals surface area (Å²) in [7, 11) is 3.87. The second-order valence-electron chi connectivity index (χ2n) is 9.42.